The van der Waals surface area contributed by atoms with E-state index in [9.17, 15) is 4.79 Å². The van der Waals surface area contributed by atoms with Gasteiger partial charge in [0.2, 0.25) is 0 Å². The molecule has 1 aromatic heterocycles. The monoisotopic (exact) mass is 278 g/mol. The van der Waals surface area contributed by atoms with Crippen molar-refractivity contribution in [2.45, 2.75) is 39.2 Å². The molecule has 110 valence electrons. The number of nitrogens with zero attached hydrogens (tertiary/aromatic N) is 2. The van der Waals surface area contributed by atoms with E-state index in [-0.39, 0.29) is 11.3 Å². The number of rotatable bonds is 3. The normalized spacial score (nSPS) is 30.1. The Hall–Kier alpha value is -1.36. The first-order valence-electron chi connectivity index (χ1n) is 7.26. The molecule has 2 heterocycles. The quantitative estimate of drug-likeness (QED) is 0.917. The van der Waals surface area contributed by atoms with Gasteiger partial charge in [-0.15, -0.1) is 0 Å². The number of carboxylic acids is 1. The van der Waals surface area contributed by atoms with Gasteiger partial charge in [0.05, 0.1) is 11.6 Å². The van der Waals surface area contributed by atoms with E-state index in [1.54, 1.807) is 6.26 Å². The first-order chi connectivity index (χ1) is 9.36. The molecule has 0 amide bonds. The maximum absolute atomic E-state index is 11.1. The van der Waals surface area contributed by atoms with E-state index in [0.29, 0.717) is 11.8 Å². The molecule has 1 aliphatic heterocycles. The summed E-state index contributed by atoms with van der Waals surface area (Å²) in [4.78, 5) is 17.9. The van der Waals surface area contributed by atoms with Crippen molar-refractivity contribution in [2.75, 3.05) is 13.1 Å². The molecule has 3 rings (SSSR count). The molecule has 5 nitrogen and oxygen atoms in total. The third kappa shape index (κ3) is 2.46. The number of hydrogen-bond acceptors (Lipinski definition) is 4. The Balaban J connectivity index is 1.60. The van der Waals surface area contributed by atoms with E-state index >= 15 is 0 Å². The number of carbonyl (C=O) groups is 1. The van der Waals surface area contributed by atoms with Crippen LogP contribution in [-0.2, 0) is 16.8 Å². The minimum Gasteiger partial charge on any atom is -0.481 e. The van der Waals surface area contributed by atoms with Crippen molar-refractivity contribution in [3.8, 4) is 0 Å². The fourth-order valence-electron chi connectivity index (χ4n) is 3.27. The molecule has 0 bridgehead atoms. The van der Waals surface area contributed by atoms with E-state index in [1.165, 1.54) is 0 Å². The van der Waals surface area contributed by atoms with Crippen molar-refractivity contribution in [3.63, 3.8) is 0 Å². The lowest BCUT2D eigenvalue weighted by molar-refractivity contribution is -0.139. The maximum atomic E-state index is 11.1. The Labute approximate surface area is 119 Å². The van der Waals surface area contributed by atoms with E-state index in [0.717, 1.165) is 37.6 Å². The average molecular weight is 278 g/mol. The smallest absolute Gasteiger partial charge is 0.307 e. The molecule has 0 aromatic carbocycles. The van der Waals surface area contributed by atoms with Crippen LogP contribution >= 0.6 is 0 Å². The number of likely N-dealkylation sites (tertiary alicyclic amines) is 1. The van der Waals surface area contributed by atoms with Gasteiger partial charge in [-0.3, -0.25) is 9.69 Å². The lowest BCUT2D eigenvalue weighted by Crippen LogP contribution is -2.31. The second-order valence-electron chi connectivity index (χ2n) is 7.11. The van der Waals surface area contributed by atoms with Gasteiger partial charge in [0.15, 0.2) is 5.89 Å². The van der Waals surface area contributed by atoms with Gasteiger partial charge < -0.3 is 9.52 Å². The molecule has 2 fully saturated rings. The molecule has 3 atom stereocenters. The summed E-state index contributed by atoms with van der Waals surface area (Å²) in [6.07, 6.45) is 2.72. The fraction of sp³-hybridized carbons (Fsp3) is 0.733. The Kier molecular flexibility index (Phi) is 3.12. The highest BCUT2D eigenvalue weighted by Gasteiger charge is 2.56. The van der Waals surface area contributed by atoms with Crippen LogP contribution in [-0.4, -0.2) is 34.0 Å². The third-order valence-corrected chi connectivity index (χ3v) is 4.44. The topological polar surface area (TPSA) is 66.6 Å². The summed E-state index contributed by atoms with van der Waals surface area (Å²) in [7, 11) is 0. The number of oxazole rings is 1. The van der Waals surface area contributed by atoms with Gasteiger partial charge in [-0.1, -0.05) is 20.8 Å². The Morgan fingerprint density at radius 3 is 2.85 bits per heavy atom. The fourth-order valence-corrected chi connectivity index (χ4v) is 3.27. The van der Waals surface area contributed by atoms with E-state index < -0.39 is 5.97 Å². The molecule has 0 spiro atoms. The van der Waals surface area contributed by atoms with Crippen molar-refractivity contribution < 1.29 is 14.3 Å². The second-order valence-corrected chi connectivity index (χ2v) is 7.11. The van der Waals surface area contributed by atoms with Gasteiger partial charge in [0.25, 0.3) is 0 Å². The van der Waals surface area contributed by atoms with Gasteiger partial charge >= 0.3 is 5.97 Å². The number of piperidine rings is 1. The first-order valence-corrected chi connectivity index (χ1v) is 7.26. The minimum absolute atomic E-state index is 0.0733. The van der Waals surface area contributed by atoms with Gasteiger partial charge in [0, 0.05) is 18.5 Å². The van der Waals surface area contributed by atoms with Crippen LogP contribution in [0.3, 0.4) is 0 Å². The van der Waals surface area contributed by atoms with Crippen LogP contribution in [0, 0.1) is 17.8 Å². The number of fused-ring (bicyclic) bond motifs is 1. The summed E-state index contributed by atoms with van der Waals surface area (Å²) in [6, 6.07) is 0. The Bertz CT molecular complexity index is 517. The van der Waals surface area contributed by atoms with Crippen LogP contribution in [0.25, 0.3) is 0 Å². The number of aliphatic carboxylic acids is 1. The van der Waals surface area contributed by atoms with Crippen molar-refractivity contribution in [1.29, 1.82) is 0 Å². The molecule has 0 radical (unpaired) electrons. The van der Waals surface area contributed by atoms with E-state index in [4.69, 9.17) is 9.52 Å². The molecule has 1 saturated carbocycles. The SMILES string of the molecule is CC(C)(C)c1nc(CN2CC[C@H]3[C@@H](C2)[C@H]3C(=O)O)co1. The highest BCUT2D eigenvalue weighted by Crippen LogP contribution is 2.51. The minimum atomic E-state index is -0.627. The predicted octanol–water partition coefficient (Wildman–Crippen LogP) is 2.12. The highest BCUT2D eigenvalue weighted by molar-refractivity contribution is 5.74. The van der Waals surface area contributed by atoms with E-state index in [2.05, 4.69) is 30.7 Å². The molecule has 1 saturated heterocycles. The van der Waals surface area contributed by atoms with Gasteiger partial charge in [0.1, 0.15) is 6.26 Å². The zero-order valence-corrected chi connectivity index (χ0v) is 12.3. The summed E-state index contributed by atoms with van der Waals surface area (Å²) < 4.78 is 5.54. The molecular weight excluding hydrogens is 256 g/mol. The van der Waals surface area contributed by atoms with Crippen LogP contribution in [0.4, 0.5) is 0 Å². The molecule has 20 heavy (non-hydrogen) atoms. The Morgan fingerprint density at radius 1 is 1.50 bits per heavy atom. The number of aromatic nitrogens is 1. The average Bonchev–Trinajstić information content (AvgIpc) is 2.86. The predicted molar refractivity (Wildman–Crippen MR) is 73.2 cm³/mol. The van der Waals surface area contributed by atoms with Gasteiger partial charge in [-0.25, -0.2) is 4.98 Å². The van der Waals surface area contributed by atoms with Gasteiger partial charge in [-0.05, 0) is 24.8 Å². The van der Waals surface area contributed by atoms with Crippen LogP contribution in [0.1, 0.15) is 38.8 Å². The van der Waals surface area contributed by atoms with Crippen molar-refractivity contribution in [2.24, 2.45) is 17.8 Å². The van der Waals surface area contributed by atoms with Crippen molar-refractivity contribution in [3.05, 3.63) is 17.8 Å². The van der Waals surface area contributed by atoms with Crippen LogP contribution in [0.15, 0.2) is 10.7 Å². The molecule has 1 aliphatic carbocycles. The highest BCUT2D eigenvalue weighted by atomic mass is 16.4. The summed E-state index contributed by atoms with van der Waals surface area (Å²) >= 11 is 0. The molecular formula is C15H22N2O3. The van der Waals surface area contributed by atoms with Crippen LogP contribution in [0.2, 0.25) is 0 Å². The first kappa shape index (κ1) is 13.6. The number of hydrogen-bond donors (Lipinski definition) is 1. The van der Waals surface area contributed by atoms with E-state index in [1.807, 2.05) is 0 Å². The largest absolute Gasteiger partial charge is 0.481 e. The van der Waals surface area contributed by atoms with Crippen LogP contribution in [0.5, 0.6) is 0 Å². The van der Waals surface area contributed by atoms with Crippen molar-refractivity contribution in [1.82, 2.24) is 9.88 Å². The lowest BCUT2D eigenvalue weighted by Gasteiger charge is -2.24. The zero-order chi connectivity index (χ0) is 14.5. The molecule has 1 N–H and O–H groups in total. The molecule has 5 heteroatoms. The van der Waals surface area contributed by atoms with Crippen molar-refractivity contribution >= 4 is 5.97 Å². The maximum Gasteiger partial charge on any atom is 0.307 e. The lowest BCUT2D eigenvalue weighted by atomic mass is 9.97. The second kappa shape index (κ2) is 4.58. The summed E-state index contributed by atoms with van der Waals surface area (Å²) in [5, 5.41) is 9.11. The summed E-state index contributed by atoms with van der Waals surface area (Å²) in [6.45, 7) is 8.83. The number of carboxylic acid groups (broad SMARTS) is 1. The molecule has 0 unspecified atom stereocenters. The molecule has 1 aromatic rings. The van der Waals surface area contributed by atoms with Gasteiger partial charge in [-0.2, -0.15) is 0 Å². The third-order valence-electron chi connectivity index (χ3n) is 4.44. The summed E-state index contributed by atoms with van der Waals surface area (Å²) in [5.74, 6) is 0.777. The van der Waals surface area contributed by atoms with Crippen LogP contribution < -0.4 is 0 Å². The Morgan fingerprint density at radius 2 is 2.25 bits per heavy atom. The zero-order valence-electron chi connectivity index (χ0n) is 12.3. The standard InChI is InChI=1S/C15H22N2O3/c1-15(2,3)14-16-9(8-20-14)6-17-5-4-10-11(7-17)12(10)13(18)19/h8,10-12H,4-7H2,1-3H3,(H,18,19)/t10-,11+,12-/m0/s1. The summed E-state index contributed by atoms with van der Waals surface area (Å²) in [5.41, 5.74) is 0.872. The molecule has 2 aliphatic rings.